The van der Waals surface area contributed by atoms with Crippen LogP contribution >= 0.6 is 0 Å². The zero-order valence-electron chi connectivity index (χ0n) is 12.8. The van der Waals surface area contributed by atoms with Gasteiger partial charge in [-0.3, -0.25) is 4.90 Å². The largest absolute Gasteiger partial charge is 0.361 e. The number of hydrogen-bond donors (Lipinski definition) is 0. The number of rotatable bonds is 3. The van der Waals surface area contributed by atoms with Gasteiger partial charge in [-0.05, 0) is 20.8 Å². The van der Waals surface area contributed by atoms with Crippen molar-refractivity contribution in [3.8, 4) is 0 Å². The van der Waals surface area contributed by atoms with Gasteiger partial charge in [-0.15, -0.1) is 0 Å². The van der Waals surface area contributed by atoms with E-state index in [0.29, 0.717) is 0 Å². The molecule has 0 unspecified atom stereocenters. The molecule has 0 saturated carbocycles. The third-order valence-corrected chi connectivity index (χ3v) is 4.05. The van der Waals surface area contributed by atoms with E-state index >= 15 is 0 Å². The van der Waals surface area contributed by atoms with Gasteiger partial charge >= 0.3 is 0 Å². The summed E-state index contributed by atoms with van der Waals surface area (Å²) in [6.07, 6.45) is 1.64. The monoisotopic (exact) mass is 287 g/mol. The van der Waals surface area contributed by atoms with Gasteiger partial charge in [0.15, 0.2) is 0 Å². The van der Waals surface area contributed by atoms with E-state index in [-0.39, 0.29) is 0 Å². The minimum atomic E-state index is 0.914. The molecule has 6 heteroatoms. The normalized spacial score (nSPS) is 16.4. The number of aryl methyl sites for hydroxylation is 3. The standard InChI is InChI=1S/C15H21N5O/c1-11-8-15(17-10-16-11)20-6-4-19(5-7-20)9-14-12(2)18-21-13(14)3/h8,10H,4-7,9H2,1-3H3. The molecular weight excluding hydrogens is 266 g/mol. The van der Waals surface area contributed by atoms with Crippen molar-refractivity contribution in [2.45, 2.75) is 27.3 Å². The highest BCUT2D eigenvalue weighted by molar-refractivity contribution is 5.39. The number of aromatic nitrogens is 3. The van der Waals surface area contributed by atoms with Gasteiger partial charge in [0.2, 0.25) is 0 Å². The molecule has 0 atom stereocenters. The maximum atomic E-state index is 5.24. The molecular formula is C15H21N5O. The van der Waals surface area contributed by atoms with Gasteiger partial charge in [0.1, 0.15) is 17.9 Å². The summed E-state index contributed by atoms with van der Waals surface area (Å²) in [6.45, 7) is 10.9. The van der Waals surface area contributed by atoms with Crippen LogP contribution in [0.4, 0.5) is 5.82 Å². The van der Waals surface area contributed by atoms with Crippen molar-refractivity contribution in [2.75, 3.05) is 31.1 Å². The molecule has 1 aliphatic rings. The minimum Gasteiger partial charge on any atom is -0.361 e. The van der Waals surface area contributed by atoms with Crippen molar-refractivity contribution >= 4 is 5.82 Å². The maximum Gasteiger partial charge on any atom is 0.138 e. The number of anilines is 1. The van der Waals surface area contributed by atoms with Gasteiger partial charge < -0.3 is 9.42 Å². The van der Waals surface area contributed by atoms with E-state index in [1.165, 1.54) is 5.56 Å². The molecule has 0 amide bonds. The Hall–Kier alpha value is -1.95. The van der Waals surface area contributed by atoms with Gasteiger partial charge in [0.25, 0.3) is 0 Å². The highest BCUT2D eigenvalue weighted by Crippen LogP contribution is 2.18. The third kappa shape index (κ3) is 3.05. The fourth-order valence-electron chi connectivity index (χ4n) is 2.70. The van der Waals surface area contributed by atoms with Crippen LogP contribution in [0.3, 0.4) is 0 Å². The Bertz CT molecular complexity index is 597. The molecule has 2 aromatic heterocycles. The number of nitrogens with zero attached hydrogens (tertiary/aromatic N) is 5. The Morgan fingerprint density at radius 1 is 1.10 bits per heavy atom. The van der Waals surface area contributed by atoms with Crippen molar-refractivity contribution in [1.29, 1.82) is 0 Å². The van der Waals surface area contributed by atoms with Crippen molar-refractivity contribution in [1.82, 2.24) is 20.0 Å². The van der Waals surface area contributed by atoms with E-state index in [0.717, 1.165) is 55.7 Å². The predicted octanol–water partition coefficient (Wildman–Crippen LogP) is 1.71. The van der Waals surface area contributed by atoms with Gasteiger partial charge in [0, 0.05) is 50.0 Å². The predicted molar refractivity (Wildman–Crippen MR) is 80.2 cm³/mol. The average Bonchev–Trinajstić information content (AvgIpc) is 2.80. The smallest absolute Gasteiger partial charge is 0.138 e. The van der Waals surface area contributed by atoms with Crippen LogP contribution in [0.15, 0.2) is 16.9 Å². The number of hydrogen-bond acceptors (Lipinski definition) is 6. The molecule has 1 saturated heterocycles. The molecule has 112 valence electrons. The first kappa shape index (κ1) is 14.0. The van der Waals surface area contributed by atoms with E-state index in [1.807, 2.05) is 26.8 Å². The maximum absolute atomic E-state index is 5.24. The van der Waals surface area contributed by atoms with Crippen LogP contribution < -0.4 is 4.90 Å². The molecule has 0 aliphatic carbocycles. The summed E-state index contributed by atoms with van der Waals surface area (Å²) in [5.41, 5.74) is 3.24. The van der Waals surface area contributed by atoms with Crippen LogP contribution in [0.1, 0.15) is 22.7 Å². The first-order valence-corrected chi connectivity index (χ1v) is 7.31. The van der Waals surface area contributed by atoms with Crippen LogP contribution in [0, 0.1) is 20.8 Å². The van der Waals surface area contributed by atoms with Gasteiger partial charge in [-0.1, -0.05) is 5.16 Å². The summed E-state index contributed by atoms with van der Waals surface area (Å²) >= 11 is 0. The number of piperazine rings is 1. The Kier molecular flexibility index (Phi) is 3.88. The molecule has 1 fully saturated rings. The van der Waals surface area contributed by atoms with E-state index < -0.39 is 0 Å². The van der Waals surface area contributed by atoms with E-state index in [2.05, 4.69) is 24.9 Å². The summed E-state index contributed by atoms with van der Waals surface area (Å²) in [5.74, 6) is 1.96. The molecule has 0 spiro atoms. The summed E-state index contributed by atoms with van der Waals surface area (Å²) in [4.78, 5) is 13.3. The molecule has 0 N–H and O–H groups in total. The highest BCUT2D eigenvalue weighted by Gasteiger charge is 2.20. The lowest BCUT2D eigenvalue weighted by molar-refractivity contribution is 0.247. The first-order chi connectivity index (χ1) is 10.1. The fraction of sp³-hybridized carbons (Fsp3) is 0.533. The van der Waals surface area contributed by atoms with Crippen molar-refractivity contribution < 1.29 is 4.52 Å². The van der Waals surface area contributed by atoms with E-state index in [1.54, 1.807) is 6.33 Å². The second-order valence-electron chi connectivity index (χ2n) is 5.58. The second kappa shape index (κ2) is 5.81. The second-order valence-corrected chi connectivity index (χ2v) is 5.58. The minimum absolute atomic E-state index is 0.914. The molecule has 0 aromatic carbocycles. The molecule has 3 heterocycles. The van der Waals surface area contributed by atoms with Gasteiger partial charge in [-0.25, -0.2) is 9.97 Å². The van der Waals surface area contributed by atoms with Crippen LogP contribution in [0.5, 0.6) is 0 Å². The molecule has 3 rings (SSSR count). The topological polar surface area (TPSA) is 58.3 Å². The summed E-state index contributed by atoms with van der Waals surface area (Å²) in [7, 11) is 0. The van der Waals surface area contributed by atoms with E-state index in [9.17, 15) is 0 Å². The molecule has 0 bridgehead atoms. The van der Waals surface area contributed by atoms with Crippen molar-refractivity contribution in [2.24, 2.45) is 0 Å². The molecule has 6 nitrogen and oxygen atoms in total. The average molecular weight is 287 g/mol. The molecule has 2 aromatic rings. The van der Waals surface area contributed by atoms with Gasteiger partial charge in [-0.2, -0.15) is 0 Å². The fourth-order valence-corrected chi connectivity index (χ4v) is 2.70. The van der Waals surface area contributed by atoms with Crippen LogP contribution in [0.2, 0.25) is 0 Å². The SMILES string of the molecule is Cc1cc(N2CCN(Cc3c(C)noc3C)CC2)ncn1. The van der Waals surface area contributed by atoms with E-state index in [4.69, 9.17) is 4.52 Å². The Balaban J connectivity index is 1.60. The molecule has 0 radical (unpaired) electrons. The summed E-state index contributed by atoms with van der Waals surface area (Å²) in [5, 5.41) is 4.02. The van der Waals surface area contributed by atoms with Crippen molar-refractivity contribution in [3.05, 3.63) is 35.1 Å². The van der Waals surface area contributed by atoms with Crippen molar-refractivity contribution in [3.63, 3.8) is 0 Å². The zero-order valence-corrected chi connectivity index (χ0v) is 12.8. The quantitative estimate of drug-likeness (QED) is 0.856. The first-order valence-electron chi connectivity index (χ1n) is 7.31. The summed E-state index contributed by atoms with van der Waals surface area (Å²) < 4.78 is 5.24. The molecule has 21 heavy (non-hydrogen) atoms. The Morgan fingerprint density at radius 3 is 2.48 bits per heavy atom. The Morgan fingerprint density at radius 2 is 1.86 bits per heavy atom. The highest BCUT2D eigenvalue weighted by atomic mass is 16.5. The lowest BCUT2D eigenvalue weighted by atomic mass is 10.2. The molecule has 1 aliphatic heterocycles. The third-order valence-electron chi connectivity index (χ3n) is 4.05. The Labute approximate surface area is 124 Å². The van der Waals surface area contributed by atoms with Crippen LogP contribution in [-0.4, -0.2) is 46.2 Å². The lowest BCUT2D eigenvalue weighted by Crippen LogP contribution is -2.46. The van der Waals surface area contributed by atoms with Gasteiger partial charge in [0.05, 0.1) is 5.69 Å². The summed E-state index contributed by atoms with van der Waals surface area (Å²) in [6, 6.07) is 2.05. The van der Waals surface area contributed by atoms with Crippen LogP contribution in [0.25, 0.3) is 0 Å². The zero-order chi connectivity index (χ0) is 14.8. The lowest BCUT2D eigenvalue weighted by Gasteiger charge is -2.35. The van der Waals surface area contributed by atoms with Crippen LogP contribution in [-0.2, 0) is 6.54 Å².